The van der Waals surface area contributed by atoms with Gasteiger partial charge in [0.1, 0.15) is 0 Å². The molecule has 2 N–H and O–H groups in total. The van der Waals surface area contributed by atoms with E-state index in [-0.39, 0.29) is 5.91 Å². The number of nitrogens with one attached hydrogen (secondary N) is 2. The molecule has 0 radical (unpaired) electrons. The number of anilines is 1. The lowest BCUT2D eigenvalue weighted by Gasteiger charge is -2.19. The van der Waals surface area contributed by atoms with Crippen LogP contribution in [0.1, 0.15) is 42.1 Å². The molecule has 2 rings (SSSR count). The Kier molecular flexibility index (Phi) is 5.41. The van der Waals surface area contributed by atoms with Crippen molar-refractivity contribution in [3.63, 3.8) is 0 Å². The molecule has 1 fully saturated rings. The van der Waals surface area contributed by atoms with Crippen LogP contribution in [-0.2, 0) is 4.74 Å². The van der Waals surface area contributed by atoms with E-state index >= 15 is 0 Å². The van der Waals surface area contributed by atoms with Gasteiger partial charge in [0.15, 0.2) is 0 Å². The summed E-state index contributed by atoms with van der Waals surface area (Å²) in [5.41, 5.74) is 2.94. The molecule has 4 heteroatoms. The van der Waals surface area contributed by atoms with Crippen LogP contribution in [0, 0.1) is 6.92 Å². The fourth-order valence-electron chi connectivity index (χ4n) is 2.45. The van der Waals surface area contributed by atoms with Crippen LogP contribution >= 0.6 is 0 Å². The average molecular weight is 276 g/mol. The number of carbonyl (C=O) groups is 1. The van der Waals surface area contributed by atoms with Crippen molar-refractivity contribution in [1.29, 1.82) is 0 Å². The van der Waals surface area contributed by atoms with Gasteiger partial charge in [-0.3, -0.25) is 4.79 Å². The van der Waals surface area contributed by atoms with Gasteiger partial charge in [-0.2, -0.15) is 0 Å². The van der Waals surface area contributed by atoms with E-state index in [1.54, 1.807) is 0 Å². The highest BCUT2D eigenvalue weighted by atomic mass is 16.5. The highest BCUT2D eigenvalue weighted by Gasteiger charge is 2.14. The minimum atomic E-state index is -0.0141. The second-order valence-corrected chi connectivity index (χ2v) is 5.27. The molecule has 0 aliphatic carbocycles. The monoisotopic (exact) mass is 276 g/mol. The maximum atomic E-state index is 11.9. The van der Waals surface area contributed by atoms with Crippen molar-refractivity contribution in [3.8, 4) is 0 Å². The third kappa shape index (κ3) is 3.97. The highest BCUT2D eigenvalue weighted by Crippen LogP contribution is 2.21. The molecule has 20 heavy (non-hydrogen) atoms. The van der Waals surface area contributed by atoms with Crippen molar-refractivity contribution in [2.24, 2.45) is 0 Å². The summed E-state index contributed by atoms with van der Waals surface area (Å²) in [5, 5.41) is 6.40. The fourth-order valence-corrected chi connectivity index (χ4v) is 2.45. The number of ether oxygens (including phenoxy) is 1. The minimum Gasteiger partial charge on any atom is -0.382 e. The molecule has 0 bridgehead atoms. The van der Waals surface area contributed by atoms with Crippen LogP contribution in [0.5, 0.6) is 0 Å². The van der Waals surface area contributed by atoms with Crippen LogP contribution in [0.3, 0.4) is 0 Å². The molecule has 1 amide bonds. The normalized spacial score (nSPS) is 19.2. The Hall–Kier alpha value is -1.55. The van der Waals surface area contributed by atoms with Crippen LogP contribution in [-0.4, -0.2) is 31.7 Å². The van der Waals surface area contributed by atoms with Gasteiger partial charge in [-0.05, 0) is 50.8 Å². The lowest BCUT2D eigenvalue weighted by Crippen LogP contribution is -2.24. The molecule has 1 saturated heterocycles. The van der Waals surface area contributed by atoms with E-state index in [1.807, 2.05) is 25.1 Å². The maximum Gasteiger partial charge on any atom is 0.251 e. The smallest absolute Gasteiger partial charge is 0.251 e. The summed E-state index contributed by atoms with van der Waals surface area (Å²) in [7, 11) is 0. The third-order valence-corrected chi connectivity index (χ3v) is 3.65. The largest absolute Gasteiger partial charge is 0.382 e. The molecular weight excluding hydrogens is 252 g/mol. The van der Waals surface area contributed by atoms with Gasteiger partial charge < -0.3 is 15.4 Å². The predicted molar refractivity (Wildman–Crippen MR) is 81.3 cm³/mol. The molecule has 1 aromatic rings. The molecular formula is C16H24N2O2. The summed E-state index contributed by atoms with van der Waals surface area (Å²) < 4.78 is 5.48. The number of carbonyl (C=O) groups excluding carboxylic acids is 1. The molecule has 1 unspecified atom stereocenters. The Labute approximate surface area is 120 Å². The Bertz CT molecular complexity index is 452. The number of benzene rings is 1. The van der Waals surface area contributed by atoms with Gasteiger partial charge >= 0.3 is 0 Å². The highest BCUT2D eigenvalue weighted by molar-refractivity contribution is 5.95. The van der Waals surface area contributed by atoms with Gasteiger partial charge in [0.05, 0.1) is 0 Å². The second-order valence-electron chi connectivity index (χ2n) is 5.27. The zero-order valence-electron chi connectivity index (χ0n) is 12.4. The standard InChI is InChI=1S/C16H24N2O2/c1-3-17-16(19)13-7-6-12(2)15(11-13)18-14-5-4-9-20-10-8-14/h6-7,11,14,18H,3-5,8-10H2,1-2H3,(H,17,19). The molecule has 1 aliphatic rings. The first-order valence-corrected chi connectivity index (χ1v) is 7.44. The lowest BCUT2D eigenvalue weighted by atomic mass is 10.1. The molecule has 1 heterocycles. The predicted octanol–water partition coefficient (Wildman–Crippen LogP) is 2.73. The van der Waals surface area contributed by atoms with Crippen LogP contribution in [0.2, 0.25) is 0 Å². The third-order valence-electron chi connectivity index (χ3n) is 3.65. The van der Waals surface area contributed by atoms with E-state index in [0.717, 1.165) is 38.2 Å². The molecule has 0 aromatic heterocycles. The van der Waals surface area contributed by atoms with Gasteiger partial charge in [0, 0.05) is 37.1 Å². The Morgan fingerprint density at radius 1 is 1.35 bits per heavy atom. The van der Waals surface area contributed by atoms with Crippen molar-refractivity contribution in [3.05, 3.63) is 29.3 Å². The second kappa shape index (κ2) is 7.29. The summed E-state index contributed by atoms with van der Waals surface area (Å²) in [6, 6.07) is 6.26. The van der Waals surface area contributed by atoms with Crippen molar-refractivity contribution < 1.29 is 9.53 Å². The Balaban J connectivity index is 2.09. The van der Waals surface area contributed by atoms with Gasteiger partial charge in [-0.15, -0.1) is 0 Å². The molecule has 110 valence electrons. The van der Waals surface area contributed by atoms with E-state index in [4.69, 9.17) is 4.74 Å². The maximum absolute atomic E-state index is 11.9. The summed E-state index contributed by atoms with van der Waals surface area (Å²) in [4.78, 5) is 11.9. The number of hydrogen-bond donors (Lipinski definition) is 2. The zero-order valence-corrected chi connectivity index (χ0v) is 12.4. The van der Waals surface area contributed by atoms with Crippen molar-refractivity contribution in [2.75, 3.05) is 25.1 Å². The Morgan fingerprint density at radius 2 is 2.20 bits per heavy atom. The first-order chi connectivity index (χ1) is 9.70. The SMILES string of the molecule is CCNC(=O)c1ccc(C)c(NC2CCCOCC2)c1. The average Bonchev–Trinajstić information content (AvgIpc) is 2.70. The quantitative estimate of drug-likeness (QED) is 0.889. The number of rotatable bonds is 4. The molecule has 1 atom stereocenters. The van der Waals surface area contributed by atoms with E-state index in [1.165, 1.54) is 5.56 Å². The summed E-state index contributed by atoms with van der Waals surface area (Å²) >= 11 is 0. The summed E-state index contributed by atoms with van der Waals surface area (Å²) in [6.45, 7) is 6.31. The Morgan fingerprint density at radius 3 is 3.00 bits per heavy atom. The van der Waals surface area contributed by atoms with Crippen molar-refractivity contribution in [2.45, 2.75) is 39.2 Å². The molecule has 0 spiro atoms. The van der Waals surface area contributed by atoms with Crippen molar-refractivity contribution >= 4 is 11.6 Å². The topological polar surface area (TPSA) is 50.4 Å². The summed E-state index contributed by atoms with van der Waals surface area (Å²) in [5.74, 6) is -0.0141. The van der Waals surface area contributed by atoms with Crippen LogP contribution in [0.25, 0.3) is 0 Å². The summed E-state index contributed by atoms with van der Waals surface area (Å²) in [6.07, 6.45) is 3.22. The number of amides is 1. The van der Waals surface area contributed by atoms with E-state index in [9.17, 15) is 4.79 Å². The van der Waals surface area contributed by atoms with Gasteiger partial charge in [0.25, 0.3) is 5.91 Å². The first-order valence-electron chi connectivity index (χ1n) is 7.44. The molecule has 1 aliphatic heterocycles. The zero-order chi connectivity index (χ0) is 14.4. The van der Waals surface area contributed by atoms with Crippen molar-refractivity contribution in [1.82, 2.24) is 5.32 Å². The van der Waals surface area contributed by atoms with Gasteiger partial charge in [-0.1, -0.05) is 6.07 Å². The fraction of sp³-hybridized carbons (Fsp3) is 0.562. The lowest BCUT2D eigenvalue weighted by molar-refractivity contribution is 0.0956. The van der Waals surface area contributed by atoms with Gasteiger partial charge in [-0.25, -0.2) is 0 Å². The van der Waals surface area contributed by atoms with Crippen LogP contribution < -0.4 is 10.6 Å². The first kappa shape index (κ1) is 14.9. The van der Waals surface area contributed by atoms with E-state index < -0.39 is 0 Å². The molecule has 1 aromatic carbocycles. The molecule has 4 nitrogen and oxygen atoms in total. The van der Waals surface area contributed by atoms with Crippen LogP contribution in [0.4, 0.5) is 5.69 Å². The van der Waals surface area contributed by atoms with Crippen LogP contribution in [0.15, 0.2) is 18.2 Å². The number of aryl methyl sites for hydroxylation is 1. The van der Waals surface area contributed by atoms with E-state index in [0.29, 0.717) is 18.2 Å². The minimum absolute atomic E-state index is 0.0141. The molecule has 0 saturated carbocycles. The van der Waals surface area contributed by atoms with Gasteiger partial charge in [0.2, 0.25) is 0 Å². The van der Waals surface area contributed by atoms with E-state index in [2.05, 4.69) is 17.6 Å². The number of hydrogen-bond acceptors (Lipinski definition) is 3.